The Kier molecular flexibility index (Phi) is 12.7. The van der Waals surface area contributed by atoms with Crippen molar-refractivity contribution < 1.29 is 10.1 Å². The molecule has 2 aromatic heterocycles. The highest BCUT2D eigenvalue weighted by molar-refractivity contribution is 6.29. The molecule has 0 aromatic carbocycles. The summed E-state index contributed by atoms with van der Waals surface area (Å²) in [5.74, 6) is 0.805. The van der Waals surface area contributed by atoms with Crippen molar-refractivity contribution in [1.82, 2.24) is 29.6 Å². The summed E-state index contributed by atoms with van der Waals surface area (Å²) in [4.78, 5) is 38.4. The summed E-state index contributed by atoms with van der Waals surface area (Å²) in [5, 5.41) is 29.3. The first-order chi connectivity index (χ1) is 21.3. The maximum absolute atomic E-state index is 11.2. The predicted molar refractivity (Wildman–Crippen MR) is 168 cm³/mol. The average Bonchev–Trinajstić information content (AvgIpc) is 3.54. The van der Waals surface area contributed by atoms with E-state index >= 15 is 0 Å². The fraction of sp³-hybridized carbons (Fsp3) is 0.571. The number of pyridine rings is 2. The molecular formula is C28H38Cl2N10O4. The minimum Gasteiger partial charge on any atom is -0.336 e. The van der Waals surface area contributed by atoms with Crippen molar-refractivity contribution in [2.24, 2.45) is 10.2 Å². The number of halogens is 2. The lowest BCUT2D eigenvalue weighted by Crippen LogP contribution is -2.34. The maximum Gasteiger partial charge on any atom is 0.274 e. The molecule has 4 rings (SSSR count). The Morgan fingerprint density at radius 2 is 0.977 bits per heavy atom. The third kappa shape index (κ3) is 10.4. The minimum absolute atomic E-state index is 0.402. The summed E-state index contributed by atoms with van der Waals surface area (Å²) < 4.78 is 0. The van der Waals surface area contributed by atoms with E-state index in [4.69, 9.17) is 23.2 Å². The smallest absolute Gasteiger partial charge is 0.274 e. The number of unbranched alkanes of at least 4 members (excludes halogenated alkanes) is 7. The normalized spacial score (nSPS) is 17.0. The van der Waals surface area contributed by atoms with E-state index in [2.05, 4.69) is 20.2 Å². The van der Waals surface area contributed by atoms with Crippen LogP contribution in [0.2, 0.25) is 10.3 Å². The zero-order valence-corrected chi connectivity index (χ0v) is 26.2. The first kappa shape index (κ1) is 33.1. The molecule has 238 valence electrons. The second-order valence-corrected chi connectivity index (χ2v) is 11.7. The summed E-state index contributed by atoms with van der Waals surface area (Å²) in [6.45, 7) is 5.20. The Morgan fingerprint density at radius 1 is 0.614 bits per heavy atom. The molecule has 0 bridgehead atoms. The second-order valence-electron chi connectivity index (χ2n) is 10.9. The van der Waals surface area contributed by atoms with Gasteiger partial charge in [-0.25, -0.2) is 30.2 Å². The third-order valence-corrected chi connectivity index (χ3v) is 8.13. The SMILES string of the molecule is O=[N+]([O-])/N=C1/N(CCCCCCCCCCN2CCN(Cc3ccc(Cl)nc3)/C2=N/[N+](=O)[O-])CCN1Cc1ccc(Cl)nc1. The van der Waals surface area contributed by atoms with Crippen LogP contribution in [0.3, 0.4) is 0 Å². The number of hydrazone groups is 2. The molecule has 14 nitrogen and oxygen atoms in total. The Balaban J connectivity index is 1.09. The summed E-state index contributed by atoms with van der Waals surface area (Å²) in [5.41, 5.74) is 1.85. The molecule has 0 aliphatic carbocycles. The van der Waals surface area contributed by atoms with Crippen molar-refractivity contribution in [3.63, 3.8) is 0 Å². The fourth-order valence-electron chi connectivity index (χ4n) is 5.51. The van der Waals surface area contributed by atoms with Crippen molar-refractivity contribution in [2.75, 3.05) is 39.3 Å². The van der Waals surface area contributed by atoms with Crippen molar-refractivity contribution in [1.29, 1.82) is 0 Å². The van der Waals surface area contributed by atoms with Gasteiger partial charge in [-0.3, -0.25) is 0 Å². The van der Waals surface area contributed by atoms with Crippen molar-refractivity contribution >= 4 is 35.1 Å². The molecule has 16 heteroatoms. The van der Waals surface area contributed by atoms with Gasteiger partial charge in [0.05, 0.1) is 0 Å². The van der Waals surface area contributed by atoms with Gasteiger partial charge in [-0.05, 0) is 36.1 Å². The lowest BCUT2D eigenvalue weighted by atomic mass is 10.1. The van der Waals surface area contributed by atoms with Gasteiger partial charge in [0.1, 0.15) is 20.5 Å². The van der Waals surface area contributed by atoms with Crippen molar-refractivity contribution in [3.8, 4) is 0 Å². The van der Waals surface area contributed by atoms with E-state index in [1.807, 2.05) is 31.7 Å². The molecule has 0 atom stereocenters. The Labute approximate surface area is 266 Å². The van der Waals surface area contributed by atoms with Gasteiger partial charge in [-0.15, -0.1) is 0 Å². The number of rotatable bonds is 17. The zero-order valence-electron chi connectivity index (χ0n) is 24.6. The number of hydrogen-bond donors (Lipinski definition) is 0. The molecule has 0 unspecified atom stereocenters. The quantitative estimate of drug-likeness (QED) is 0.0999. The highest BCUT2D eigenvalue weighted by Gasteiger charge is 2.30. The first-order valence-corrected chi connectivity index (χ1v) is 15.7. The number of guanidine groups is 2. The molecule has 4 heterocycles. The van der Waals surface area contributed by atoms with Gasteiger partial charge < -0.3 is 19.6 Å². The number of aromatic nitrogens is 2. The topological polar surface area (TPSA) is 150 Å². The largest absolute Gasteiger partial charge is 0.336 e. The van der Waals surface area contributed by atoms with Gasteiger partial charge >= 0.3 is 0 Å². The summed E-state index contributed by atoms with van der Waals surface area (Å²) >= 11 is 11.7. The van der Waals surface area contributed by atoms with Crippen LogP contribution in [-0.4, -0.2) is 90.8 Å². The summed E-state index contributed by atoms with van der Waals surface area (Å²) in [6, 6.07) is 7.16. The van der Waals surface area contributed by atoms with Crippen LogP contribution < -0.4 is 0 Å². The lowest BCUT2D eigenvalue weighted by molar-refractivity contribution is -0.486. The summed E-state index contributed by atoms with van der Waals surface area (Å²) in [6.07, 6.45) is 11.8. The average molecular weight is 650 g/mol. The highest BCUT2D eigenvalue weighted by Crippen LogP contribution is 2.18. The molecule has 44 heavy (non-hydrogen) atoms. The van der Waals surface area contributed by atoms with E-state index in [0.29, 0.717) is 61.5 Å². The molecule has 0 amide bonds. The molecule has 2 aliphatic rings. The molecule has 0 radical (unpaired) electrons. The molecule has 0 spiro atoms. The van der Waals surface area contributed by atoms with E-state index in [1.165, 1.54) is 0 Å². The fourth-order valence-corrected chi connectivity index (χ4v) is 5.74. The number of nitrogens with zero attached hydrogens (tertiary/aromatic N) is 10. The molecule has 0 saturated carbocycles. The highest BCUT2D eigenvalue weighted by atomic mass is 35.5. The van der Waals surface area contributed by atoms with Crippen molar-refractivity contribution in [3.05, 3.63) is 78.3 Å². The van der Waals surface area contributed by atoms with E-state index in [9.17, 15) is 20.2 Å². The van der Waals surface area contributed by atoms with E-state index in [1.54, 1.807) is 24.5 Å². The Morgan fingerprint density at radius 3 is 1.32 bits per heavy atom. The van der Waals surface area contributed by atoms with Crippen molar-refractivity contribution in [2.45, 2.75) is 64.5 Å². The Hall–Kier alpha value is -3.78. The van der Waals surface area contributed by atoms with Crippen LogP contribution in [0.5, 0.6) is 0 Å². The number of nitro groups is 2. The maximum atomic E-state index is 11.2. The van der Waals surface area contributed by atoms with Gasteiger partial charge in [0.25, 0.3) is 11.9 Å². The summed E-state index contributed by atoms with van der Waals surface area (Å²) in [7, 11) is 0. The molecule has 2 aliphatic heterocycles. The van der Waals surface area contributed by atoms with Crippen LogP contribution in [0.15, 0.2) is 46.9 Å². The van der Waals surface area contributed by atoms with Crippen LogP contribution >= 0.6 is 23.2 Å². The first-order valence-electron chi connectivity index (χ1n) is 14.9. The minimum atomic E-state index is -0.629. The molecular weight excluding hydrogens is 611 g/mol. The monoisotopic (exact) mass is 648 g/mol. The van der Waals surface area contributed by atoms with E-state index < -0.39 is 10.1 Å². The third-order valence-electron chi connectivity index (χ3n) is 7.68. The lowest BCUT2D eigenvalue weighted by Gasteiger charge is -2.20. The molecule has 2 aromatic rings. The zero-order chi connectivity index (χ0) is 31.3. The van der Waals surface area contributed by atoms with Crippen LogP contribution in [-0.2, 0) is 13.1 Å². The van der Waals surface area contributed by atoms with Crippen LogP contribution in [0, 0.1) is 20.2 Å². The standard InChI is InChI=1S/C28H38Cl2N10O4/c29-25-11-9-23(19-31-25)21-37-17-15-35(27(37)33-39(41)42)13-7-5-3-1-2-4-6-8-14-36-16-18-38(28(36)34-40(43)44)22-24-10-12-26(30)32-20-24/h9-12,19-20H,1-8,13-18,21-22H2/b33-27-,34-28+. The van der Waals surface area contributed by atoms with Crippen LogP contribution in [0.25, 0.3) is 0 Å². The molecule has 2 saturated heterocycles. The van der Waals surface area contributed by atoms with Gasteiger partial charge in [0.15, 0.2) is 10.1 Å². The number of hydrogen-bond acceptors (Lipinski definition) is 6. The Bertz CT molecular complexity index is 1200. The molecule has 2 fully saturated rings. The van der Waals surface area contributed by atoms with Gasteiger partial charge in [0.2, 0.25) is 0 Å². The second kappa shape index (κ2) is 16.9. The predicted octanol–water partition coefficient (Wildman–Crippen LogP) is 4.94. The van der Waals surface area contributed by atoms with Gasteiger partial charge in [0, 0.05) is 64.8 Å². The van der Waals surface area contributed by atoms with Gasteiger partial charge in [-0.2, -0.15) is 0 Å². The van der Waals surface area contributed by atoms with E-state index in [-0.39, 0.29) is 0 Å². The van der Waals surface area contributed by atoms with Crippen LogP contribution in [0.1, 0.15) is 62.5 Å². The molecule has 0 N–H and O–H groups in total. The van der Waals surface area contributed by atoms with Crippen LogP contribution in [0.4, 0.5) is 0 Å². The van der Waals surface area contributed by atoms with E-state index in [0.717, 1.165) is 75.6 Å². The van der Waals surface area contributed by atoms with Gasteiger partial charge in [-0.1, -0.05) is 73.9 Å².